The third kappa shape index (κ3) is 5.34. The highest BCUT2D eigenvalue weighted by Crippen LogP contribution is 2.26. The second-order valence-electron chi connectivity index (χ2n) is 8.79. The van der Waals surface area contributed by atoms with Gasteiger partial charge in [0.05, 0.1) is 21.1 Å². The Morgan fingerprint density at radius 2 is 1.57 bits per heavy atom. The molecule has 1 heterocycles. The van der Waals surface area contributed by atoms with E-state index < -0.39 is 0 Å². The number of aromatic nitrogens is 2. The fourth-order valence-corrected chi connectivity index (χ4v) is 4.66. The van der Waals surface area contributed by atoms with E-state index in [2.05, 4.69) is 20.6 Å². The van der Waals surface area contributed by atoms with Gasteiger partial charge in [0.25, 0.3) is 11.8 Å². The number of rotatable bonds is 5. The van der Waals surface area contributed by atoms with E-state index >= 15 is 0 Å². The van der Waals surface area contributed by atoms with Crippen LogP contribution in [0.4, 0.5) is 5.69 Å². The molecule has 0 spiro atoms. The first-order valence-corrected chi connectivity index (χ1v) is 12.4. The highest BCUT2D eigenvalue weighted by atomic mass is 35.5. The Kier molecular flexibility index (Phi) is 6.75. The topological polar surface area (TPSA) is 86.9 Å². The van der Waals surface area contributed by atoms with Crippen molar-refractivity contribution in [2.75, 3.05) is 5.32 Å². The van der Waals surface area contributed by atoms with Crippen LogP contribution in [0.3, 0.4) is 0 Å². The van der Waals surface area contributed by atoms with Crippen LogP contribution in [-0.2, 0) is 0 Å². The first kappa shape index (κ1) is 23.4. The highest BCUT2D eigenvalue weighted by Gasteiger charge is 2.17. The van der Waals surface area contributed by atoms with Crippen LogP contribution in [-0.4, -0.2) is 27.8 Å². The SMILES string of the molecule is O=C(Nc1ccc(Cl)c(Cl)c1)c1ccc(-c2nc3ccc(C(=O)NC4CCCCC4)cc3[nH]2)cc1. The summed E-state index contributed by atoms with van der Waals surface area (Å²) in [7, 11) is 0. The number of fused-ring (bicyclic) bond motifs is 1. The van der Waals surface area contributed by atoms with E-state index in [1.54, 1.807) is 30.3 Å². The van der Waals surface area contributed by atoms with Crippen molar-refractivity contribution in [3.8, 4) is 11.4 Å². The summed E-state index contributed by atoms with van der Waals surface area (Å²) in [5.74, 6) is 0.363. The summed E-state index contributed by atoms with van der Waals surface area (Å²) in [5.41, 5.74) is 4.08. The lowest BCUT2D eigenvalue weighted by Gasteiger charge is -2.22. The molecule has 35 heavy (non-hydrogen) atoms. The van der Waals surface area contributed by atoms with Gasteiger partial charge >= 0.3 is 0 Å². The predicted octanol–water partition coefficient (Wildman–Crippen LogP) is 6.85. The van der Waals surface area contributed by atoms with Gasteiger partial charge < -0.3 is 15.6 Å². The maximum absolute atomic E-state index is 12.7. The molecule has 0 radical (unpaired) electrons. The summed E-state index contributed by atoms with van der Waals surface area (Å²) in [6, 6.07) is 17.8. The Morgan fingerprint density at radius 3 is 2.31 bits per heavy atom. The quantitative estimate of drug-likeness (QED) is 0.276. The Balaban J connectivity index is 1.29. The van der Waals surface area contributed by atoms with Crippen LogP contribution < -0.4 is 10.6 Å². The van der Waals surface area contributed by atoms with Gasteiger partial charge in [0.1, 0.15) is 5.82 Å². The summed E-state index contributed by atoms with van der Waals surface area (Å²) < 4.78 is 0. The molecule has 3 aromatic carbocycles. The minimum atomic E-state index is -0.256. The van der Waals surface area contributed by atoms with Gasteiger partial charge in [-0.15, -0.1) is 0 Å². The Hall–Kier alpha value is -3.35. The lowest BCUT2D eigenvalue weighted by Crippen LogP contribution is -2.36. The molecule has 0 unspecified atom stereocenters. The van der Waals surface area contributed by atoms with Crippen molar-refractivity contribution in [2.45, 2.75) is 38.1 Å². The number of carbonyl (C=O) groups is 2. The van der Waals surface area contributed by atoms with Gasteiger partial charge in [0, 0.05) is 28.4 Å². The van der Waals surface area contributed by atoms with E-state index in [0.29, 0.717) is 32.7 Å². The molecule has 0 aliphatic heterocycles. The van der Waals surface area contributed by atoms with Crippen LogP contribution in [0.25, 0.3) is 22.4 Å². The molecule has 0 bridgehead atoms. The number of amides is 2. The zero-order chi connectivity index (χ0) is 24.4. The number of aromatic amines is 1. The van der Waals surface area contributed by atoms with Crippen molar-refractivity contribution in [2.24, 2.45) is 0 Å². The van der Waals surface area contributed by atoms with Gasteiger partial charge in [-0.1, -0.05) is 54.6 Å². The molecule has 8 heteroatoms. The van der Waals surface area contributed by atoms with Crippen LogP contribution in [0.5, 0.6) is 0 Å². The van der Waals surface area contributed by atoms with Crippen LogP contribution >= 0.6 is 23.2 Å². The van der Waals surface area contributed by atoms with E-state index in [9.17, 15) is 9.59 Å². The molecule has 0 atom stereocenters. The van der Waals surface area contributed by atoms with Crippen LogP contribution in [0.15, 0.2) is 60.7 Å². The second-order valence-corrected chi connectivity index (χ2v) is 9.60. The fraction of sp³-hybridized carbons (Fsp3) is 0.222. The molecule has 4 aromatic rings. The number of H-pyrrole nitrogens is 1. The predicted molar refractivity (Wildman–Crippen MR) is 140 cm³/mol. The van der Waals surface area contributed by atoms with Gasteiger partial charge in [0.15, 0.2) is 0 Å². The monoisotopic (exact) mass is 506 g/mol. The largest absolute Gasteiger partial charge is 0.349 e. The fourth-order valence-electron chi connectivity index (χ4n) is 4.36. The molecule has 1 fully saturated rings. The third-order valence-corrected chi connectivity index (χ3v) is 7.02. The van der Waals surface area contributed by atoms with Crippen LogP contribution in [0.2, 0.25) is 10.0 Å². The number of halogens is 2. The van der Waals surface area contributed by atoms with Crippen molar-refractivity contribution in [3.63, 3.8) is 0 Å². The summed E-state index contributed by atoms with van der Waals surface area (Å²) in [4.78, 5) is 33.2. The van der Waals surface area contributed by atoms with Crippen molar-refractivity contribution in [1.82, 2.24) is 15.3 Å². The molecule has 178 valence electrons. The molecule has 1 aromatic heterocycles. The number of carbonyl (C=O) groups excluding carboxylic acids is 2. The molecule has 1 aliphatic rings. The Labute approximate surface area is 213 Å². The normalized spacial score (nSPS) is 14.1. The van der Waals surface area contributed by atoms with E-state index in [1.165, 1.54) is 19.3 Å². The zero-order valence-corrected chi connectivity index (χ0v) is 20.4. The molecule has 0 saturated heterocycles. The molecule has 2 amide bonds. The molecular formula is C27H24Cl2N4O2. The number of nitrogens with zero attached hydrogens (tertiary/aromatic N) is 1. The summed E-state index contributed by atoms with van der Waals surface area (Å²) >= 11 is 11.9. The van der Waals surface area contributed by atoms with E-state index in [4.69, 9.17) is 23.2 Å². The van der Waals surface area contributed by atoms with E-state index in [1.807, 2.05) is 30.3 Å². The van der Waals surface area contributed by atoms with Crippen LogP contribution in [0.1, 0.15) is 52.8 Å². The first-order valence-electron chi connectivity index (χ1n) is 11.6. The molecule has 1 saturated carbocycles. The van der Waals surface area contributed by atoms with Crippen LogP contribution in [0, 0.1) is 0 Å². The van der Waals surface area contributed by atoms with E-state index in [-0.39, 0.29) is 17.9 Å². The Morgan fingerprint density at radius 1 is 0.829 bits per heavy atom. The standard InChI is InChI=1S/C27H24Cl2N4O2/c28-21-12-11-20(15-22(21)29)31-26(34)17-8-6-16(7-9-17)25-32-23-13-10-18(14-24(23)33-25)27(35)30-19-4-2-1-3-5-19/h6-15,19H,1-5H2,(H,30,35)(H,31,34)(H,32,33). The number of nitrogens with one attached hydrogen (secondary N) is 3. The summed E-state index contributed by atoms with van der Waals surface area (Å²) in [6.07, 6.45) is 5.68. The number of anilines is 1. The second kappa shape index (κ2) is 10.1. The minimum absolute atomic E-state index is 0.0488. The smallest absolute Gasteiger partial charge is 0.255 e. The molecule has 3 N–H and O–H groups in total. The lowest BCUT2D eigenvalue weighted by molar-refractivity contribution is 0.0927. The maximum atomic E-state index is 12.7. The molecule has 1 aliphatic carbocycles. The first-order chi connectivity index (χ1) is 17.0. The molecular weight excluding hydrogens is 483 g/mol. The van der Waals surface area contributed by atoms with Crippen molar-refractivity contribution in [1.29, 1.82) is 0 Å². The van der Waals surface area contributed by atoms with Gasteiger partial charge in [-0.3, -0.25) is 9.59 Å². The van der Waals surface area contributed by atoms with Crippen molar-refractivity contribution >= 4 is 51.7 Å². The molecule has 6 nitrogen and oxygen atoms in total. The van der Waals surface area contributed by atoms with Gasteiger partial charge in [0.2, 0.25) is 0 Å². The number of hydrogen-bond donors (Lipinski definition) is 3. The van der Waals surface area contributed by atoms with Gasteiger partial charge in [-0.2, -0.15) is 0 Å². The lowest BCUT2D eigenvalue weighted by atomic mass is 9.95. The zero-order valence-electron chi connectivity index (χ0n) is 18.9. The maximum Gasteiger partial charge on any atom is 0.255 e. The van der Waals surface area contributed by atoms with Crippen molar-refractivity contribution < 1.29 is 9.59 Å². The minimum Gasteiger partial charge on any atom is -0.349 e. The summed E-state index contributed by atoms with van der Waals surface area (Å²) in [5, 5.41) is 6.76. The third-order valence-electron chi connectivity index (χ3n) is 6.28. The number of imidazole rings is 1. The van der Waals surface area contributed by atoms with Gasteiger partial charge in [-0.25, -0.2) is 4.98 Å². The molecule has 5 rings (SSSR count). The average Bonchev–Trinajstić information content (AvgIpc) is 3.30. The highest BCUT2D eigenvalue weighted by molar-refractivity contribution is 6.42. The Bertz CT molecular complexity index is 1390. The summed E-state index contributed by atoms with van der Waals surface area (Å²) in [6.45, 7) is 0. The van der Waals surface area contributed by atoms with E-state index in [0.717, 1.165) is 29.4 Å². The number of hydrogen-bond acceptors (Lipinski definition) is 3. The van der Waals surface area contributed by atoms with Gasteiger partial charge in [-0.05, 0) is 61.4 Å². The number of benzene rings is 3. The van der Waals surface area contributed by atoms with Crippen molar-refractivity contribution in [3.05, 3.63) is 81.8 Å². The average molecular weight is 507 g/mol.